The first-order chi connectivity index (χ1) is 4.81. The van der Waals surface area contributed by atoms with Gasteiger partial charge in [-0.05, 0) is 6.42 Å². The van der Waals surface area contributed by atoms with Gasteiger partial charge in [0.2, 0.25) is 0 Å². The maximum absolute atomic E-state index is 5.38. The third kappa shape index (κ3) is 5.65. The lowest BCUT2D eigenvalue weighted by atomic mass is 10.2. The fraction of sp³-hybridized carbons (Fsp3) is 0.778. The Morgan fingerprint density at radius 1 is 1.50 bits per heavy atom. The van der Waals surface area contributed by atoms with Gasteiger partial charge in [-0.3, -0.25) is 0 Å². The Bertz CT molecular complexity index is 118. The van der Waals surface area contributed by atoms with E-state index in [1.54, 1.807) is 0 Å². The van der Waals surface area contributed by atoms with E-state index in [1.807, 2.05) is 0 Å². The van der Waals surface area contributed by atoms with E-state index >= 15 is 0 Å². The molecule has 1 atom stereocenters. The molecule has 0 fully saturated rings. The van der Waals surface area contributed by atoms with Gasteiger partial charge >= 0.3 is 0 Å². The average molecular weight is 139 g/mol. The van der Waals surface area contributed by atoms with Gasteiger partial charge < -0.3 is 5.73 Å². The number of rotatable bonds is 3. The Labute approximate surface area is 64.0 Å². The minimum absolute atomic E-state index is 0.372. The van der Waals surface area contributed by atoms with Crippen molar-refractivity contribution in [2.75, 3.05) is 6.54 Å². The van der Waals surface area contributed by atoms with Crippen molar-refractivity contribution in [2.24, 2.45) is 11.7 Å². The van der Waals surface area contributed by atoms with Crippen LogP contribution in [0.4, 0.5) is 0 Å². The zero-order chi connectivity index (χ0) is 7.82. The van der Waals surface area contributed by atoms with Crippen molar-refractivity contribution in [3.8, 4) is 11.8 Å². The molecule has 1 nitrogen and oxygen atoms in total. The SMILES string of the molecule is CCCCC#CC(C)CN. The minimum atomic E-state index is 0.372. The van der Waals surface area contributed by atoms with Gasteiger partial charge in [0.25, 0.3) is 0 Å². The second-order valence-corrected chi connectivity index (χ2v) is 2.56. The summed E-state index contributed by atoms with van der Waals surface area (Å²) in [6.07, 6.45) is 3.47. The van der Waals surface area contributed by atoms with E-state index in [9.17, 15) is 0 Å². The van der Waals surface area contributed by atoms with Gasteiger partial charge in [0.05, 0.1) is 0 Å². The van der Waals surface area contributed by atoms with E-state index in [2.05, 4.69) is 25.7 Å². The fourth-order valence-corrected chi connectivity index (χ4v) is 0.570. The summed E-state index contributed by atoms with van der Waals surface area (Å²) >= 11 is 0. The monoisotopic (exact) mass is 139 g/mol. The van der Waals surface area contributed by atoms with E-state index in [0.29, 0.717) is 12.5 Å². The first-order valence-electron chi connectivity index (χ1n) is 3.99. The van der Waals surface area contributed by atoms with E-state index in [1.165, 1.54) is 12.8 Å². The molecule has 0 radical (unpaired) electrons. The minimum Gasteiger partial charge on any atom is -0.329 e. The van der Waals surface area contributed by atoms with Crippen LogP contribution < -0.4 is 5.73 Å². The van der Waals surface area contributed by atoms with Gasteiger partial charge in [-0.2, -0.15) is 0 Å². The second kappa shape index (κ2) is 6.64. The van der Waals surface area contributed by atoms with Crippen molar-refractivity contribution in [3.63, 3.8) is 0 Å². The van der Waals surface area contributed by atoms with Crippen molar-refractivity contribution < 1.29 is 0 Å². The second-order valence-electron chi connectivity index (χ2n) is 2.56. The maximum Gasteiger partial charge on any atom is 0.0297 e. The molecule has 0 rings (SSSR count). The van der Waals surface area contributed by atoms with Gasteiger partial charge in [-0.25, -0.2) is 0 Å². The third-order valence-electron chi connectivity index (χ3n) is 1.36. The number of nitrogens with two attached hydrogens (primary N) is 1. The molecular formula is C9H17N. The molecule has 0 heterocycles. The van der Waals surface area contributed by atoms with E-state index in [0.717, 1.165) is 6.42 Å². The molecule has 1 heteroatoms. The third-order valence-corrected chi connectivity index (χ3v) is 1.36. The van der Waals surface area contributed by atoms with Crippen LogP contribution in [-0.4, -0.2) is 6.54 Å². The Hall–Kier alpha value is -0.480. The predicted molar refractivity (Wildman–Crippen MR) is 45.5 cm³/mol. The molecule has 0 amide bonds. The molecule has 58 valence electrons. The van der Waals surface area contributed by atoms with Crippen LogP contribution in [0.1, 0.15) is 33.1 Å². The molecule has 0 saturated carbocycles. The summed E-state index contributed by atoms with van der Waals surface area (Å²) in [5, 5.41) is 0. The van der Waals surface area contributed by atoms with Crippen LogP contribution >= 0.6 is 0 Å². The number of unbranched alkanes of at least 4 members (excludes halogenated alkanes) is 2. The molecule has 0 bridgehead atoms. The van der Waals surface area contributed by atoms with E-state index in [-0.39, 0.29) is 0 Å². The summed E-state index contributed by atoms with van der Waals surface area (Å²) in [6, 6.07) is 0. The van der Waals surface area contributed by atoms with Crippen molar-refractivity contribution in [1.82, 2.24) is 0 Å². The molecule has 0 aromatic carbocycles. The Balaban J connectivity index is 3.29. The molecule has 0 aromatic rings. The molecular weight excluding hydrogens is 122 g/mol. The highest BCUT2D eigenvalue weighted by Gasteiger charge is 1.88. The van der Waals surface area contributed by atoms with Gasteiger partial charge in [-0.1, -0.05) is 26.2 Å². The molecule has 0 aliphatic rings. The lowest BCUT2D eigenvalue weighted by Crippen LogP contribution is -2.07. The summed E-state index contributed by atoms with van der Waals surface area (Å²) < 4.78 is 0. The zero-order valence-corrected chi connectivity index (χ0v) is 6.98. The number of hydrogen-bond acceptors (Lipinski definition) is 1. The highest BCUT2D eigenvalue weighted by atomic mass is 14.5. The maximum atomic E-state index is 5.38. The van der Waals surface area contributed by atoms with E-state index in [4.69, 9.17) is 5.73 Å². The van der Waals surface area contributed by atoms with Crippen LogP contribution in [-0.2, 0) is 0 Å². The first kappa shape index (κ1) is 9.52. The predicted octanol–water partition coefficient (Wildman–Crippen LogP) is 1.77. The zero-order valence-electron chi connectivity index (χ0n) is 6.98. The topological polar surface area (TPSA) is 26.0 Å². The van der Waals surface area contributed by atoms with Gasteiger partial charge in [0, 0.05) is 18.9 Å². The van der Waals surface area contributed by atoms with Crippen molar-refractivity contribution in [1.29, 1.82) is 0 Å². The summed E-state index contributed by atoms with van der Waals surface area (Å²) in [5.41, 5.74) is 5.38. The summed E-state index contributed by atoms with van der Waals surface area (Å²) in [5.74, 6) is 6.57. The standard InChI is InChI=1S/C9H17N/c1-3-4-5-6-7-9(2)8-10/h9H,3-5,8,10H2,1-2H3. The Kier molecular flexibility index (Phi) is 6.32. The summed E-state index contributed by atoms with van der Waals surface area (Å²) in [7, 11) is 0. The molecule has 0 aromatic heterocycles. The smallest absolute Gasteiger partial charge is 0.0297 e. The van der Waals surface area contributed by atoms with E-state index < -0.39 is 0 Å². The molecule has 0 spiro atoms. The Morgan fingerprint density at radius 3 is 2.70 bits per heavy atom. The van der Waals surface area contributed by atoms with Crippen LogP contribution in [0.15, 0.2) is 0 Å². The quantitative estimate of drug-likeness (QED) is 0.468. The van der Waals surface area contributed by atoms with Crippen molar-refractivity contribution in [2.45, 2.75) is 33.1 Å². The van der Waals surface area contributed by atoms with Gasteiger partial charge in [0.15, 0.2) is 0 Å². The summed E-state index contributed by atoms with van der Waals surface area (Å²) in [4.78, 5) is 0. The van der Waals surface area contributed by atoms with Gasteiger partial charge in [0.1, 0.15) is 0 Å². The molecule has 1 unspecified atom stereocenters. The summed E-state index contributed by atoms with van der Waals surface area (Å²) in [6.45, 7) is 4.91. The lowest BCUT2D eigenvalue weighted by molar-refractivity contribution is 0.762. The van der Waals surface area contributed by atoms with Crippen LogP contribution in [0.2, 0.25) is 0 Å². The van der Waals surface area contributed by atoms with Crippen LogP contribution in [0.25, 0.3) is 0 Å². The van der Waals surface area contributed by atoms with Crippen molar-refractivity contribution in [3.05, 3.63) is 0 Å². The van der Waals surface area contributed by atoms with Crippen molar-refractivity contribution >= 4 is 0 Å². The number of hydrogen-bond donors (Lipinski definition) is 1. The Morgan fingerprint density at radius 2 is 2.20 bits per heavy atom. The molecule has 0 saturated heterocycles. The normalized spacial score (nSPS) is 11.9. The fourth-order valence-electron chi connectivity index (χ4n) is 0.570. The average Bonchev–Trinajstić information content (AvgIpc) is 1.98. The molecule has 0 aliphatic carbocycles. The van der Waals surface area contributed by atoms with Crippen LogP contribution in [0, 0.1) is 17.8 Å². The highest BCUT2D eigenvalue weighted by Crippen LogP contribution is 1.92. The molecule has 0 aliphatic heterocycles. The first-order valence-corrected chi connectivity index (χ1v) is 3.99. The van der Waals surface area contributed by atoms with Crippen LogP contribution in [0.5, 0.6) is 0 Å². The molecule has 2 N–H and O–H groups in total. The van der Waals surface area contributed by atoms with Gasteiger partial charge in [-0.15, -0.1) is 5.92 Å². The van der Waals surface area contributed by atoms with Crippen LogP contribution in [0.3, 0.4) is 0 Å². The molecule has 10 heavy (non-hydrogen) atoms. The highest BCUT2D eigenvalue weighted by molar-refractivity contribution is 5.02. The lowest BCUT2D eigenvalue weighted by Gasteiger charge is -1.94. The largest absolute Gasteiger partial charge is 0.329 e.